The maximum atomic E-state index is 12.4. The Balaban J connectivity index is 1.87. The fourth-order valence-corrected chi connectivity index (χ4v) is 2.78. The first-order valence-corrected chi connectivity index (χ1v) is 7.83. The summed E-state index contributed by atoms with van der Waals surface area (Å²) in [6.45, 7) is 1.45. The highest BCUT2D eigenvalue weighted by atomic mass is 16.5. The summed E-state index contributed by atoms with van der Waals surface area (Å²) < 4.78 is 6.03. The molecular weight excluding hydrogens is 304 g/mol. The van der Waals surface area contributed by atoms with E-state index in [1.807, 2.05) is 43.3 Å². The van der Waals surface area contributed by atoms with Crippen LogP contribution in [0.4, 0.5) is 11.4 Å². The number of amides is 1. The van der Waals surface area contributed by atoms with Crippen molar-refractivity contribution in [2.24, 2.45) is 0 Å². The van der Waals surface area contributed by atoms with E-state index >= 15 is 0 Å². The van der Waals surface area contributed by atoms with Crippen molar-refractivity contribution in [3.63, 3.8) is 0 Å². The average molecular weight is 324 g/mol. The highest BCUT2D eigenvalue weighted by Gasteiger charge is 2.28. The molecule has 1 atom stereocenters. The zero-order valence-corrected chi connectivity index (χ0v) is 14.0. The van der Waals surface area contributed by atoms with Gasteiger partial charge in [0.05, 0.1) is 12.0 Å². The van der Waals surface area contributed by atoms with E-state index in [1.54, 1.807) is 18.2 Å². The maximum absolute atomic E-state index is 12.4. The molecule has 0 bridgehead atoms. The molecule has 0 spiro atoms. The van der Waals surface area contributed by atoms with E-state index in [-0.39, 0.29) is 17.8 Å². The van der Waals surface area contributed by atoms with Crippen LogP contribution in [0.3, 0.4) is 0 Å². The van der Waals surface area contributed by atoms with Gasteiger partial charge in [-0.15, -0.1) is 0 Å². The zero-order valence-electron chi connectivity index (χ0n) is 14.0. The molecule has 5 heteroatoms. The summed E-state index contributed by atoms with van der Waals surface area (Å²) in [5.41, 5.74) is 3.24. The summed E-state index contributed by atoms with van der Waals surface area (Å²) in [6.07, 6.45) is 0.00198. The lowest BCUT2D eigenvalue weighted by Gasteiger charge is -2.26. The molecule has 1 aliphatic rings. The van der Waals surface area contributed by atoms with Gasteiger partial charge in [0.15, 0.2) is 5.78 Å². The Morgan fingerprint density at radius 1 is 1.17 bits per heavy atom. The lowest BCUT2D eigenvalue weighted by molar-refractivity contribution is -0.114. The van der Waals surface area contributed by atoms with Crippen LogP contribution in [0.25, 0.3) is 0 Å². The molecule has 0 aromatic heterocycles. The molecule has 0 fully saturated rings. The predicted molar refractivity (Wildman–Crippen MR) is 93.8 cm³/mol. The first-order valence-electron chi connectivity index (χ1n) is 7.83. The van der Waals surface area contributed by atoms with Crippen molar-refractivity contribution in [1.29, 1.82) is 0 Å². The number of carbonyl (C=O) groups excluding carboxylic acids is 2. The SMILES string of the molecule is CC(=O)Nc1ccc2c(c1)OC(c1ccc(N(C)C)cc1)CC2=O. The fraction of sp³-hybridized carbons (Fsp3) is 0.263. The predicted octanol–water partition coefficient (Wildman–Crippen LogP) is 3.42. The number of Topliss-reactive ketones (excluding diaryl/α,β-unsaturated/α-hetero) is 1. The van der Waals surface area contributed by atoms with E-state index in [0.29, 0.717) is 23.4 Å². The maximum Gasteiger partial charge on any atom is 0.221 e. The Morgan fingerprint density at radius 2 is 1.88 bits per heavy atom. The van der Waals surface area contributed by atoms with Crippen LogP contribution in [0.15, 0.2) is 42.5 Å². The second-order valence-corrected chi connectivity index (χ2v) is 6.11. The quantitative estimate of drug-likeness (QED) is 0.940. The van der Waals surface area contributed by atoms with Gasteiger partial charge in [-0.1, -0.05) is 12.1 Å². The van der Waals surface area contributed by atoms with Gasteiger partial charge in [0.2, 0.25) is 5.91 Å². The van der Waals surface area contributed by atoms with Crippen molar-refractivity contribution in [2.75, 3.05) is 24.3 Å². The summed E-state index contributed by atoms with van der Waals surface area (Å²) in [5.74, 6) is 0.402. The Hall–Kier alpha value is -2.82. The molecule has 1 heterocycles. The van der Waals surface area contributed by atoms with Crippen LogP contribution in [0.5, 0.6) is 5.75 Å². The molecule has 2 aromatic rings. The third-order valence-electron chi connectivity index (χ3n) is 4.02. The fourth-order valence-electron chi connectivity index (χ4n) is 2.78. The molecule has 2 aromatic carbocycles. The van der Waals surface area contributed by atoms with Crippen LogP contribution in [0.1, 0.15) is 35.4 Å². The standard InChI is InChI=1S/C19H20N2O3/c1-12(22)20-14-6-9-16-17(23)11-18(24-19(16)10-14)13-4-7-15(8-5-13)21(2)3/h4-10,18H,11H2,1-3H3,(H,20,22). The molecule has 1 amide bonds. The topological polar surface area (TPSA) is 58.6 Å². The van der Waals surface area contributed by atoms with Crippen molar-refractivity contribution in [1.82, 2.24) is 0 Å². The van der Waals surface area contributed by atoms with Gasteiger partial charge in [0.1, 0.15) is 11.9 Å². The van der Waals surface area contributed by atoms with Gasteiger partial charge in [-0.05, 0) is 29.8 Å². The molecule has 1 unspecified atom stereocenters. The van der Waals surface area contributed by atoms with Gasteiger partial charge in [0, 0.05) is 38.5 Å². The van der Waals surface area contributed by atoms with Crippen molar-refractivity contribution in [3.05, 3.63) is 53.6 Å². The third-order valence-corrected chi connectivity index (χ3v) is 4.02. The summed E-state index contributed by atoms with van der Waals surface area (Å²) in [4.78, 5) is 25.6. The average Bonchev–Trinajstić information content (AvgIpc) is 2.54. The van der Waals surface area contributed by atoms with Gasteiger partial charge in [-0.25, -0.2) is 0 Å². The van der Waals surface area contributed by atoms with E-state index in [0.717, 1.165) is 11.3 Å². The Morgan fingerprint density at radius 3 is 2.50 bits per heavy atom. The molecular formula is C19H20N2O3. The van der Waals surface area contributed by atoms with Crippen LogP contribution in [0.2, 0.25) is 0 Å². The number of ketones is 1. The second kappa shape index (κ2) is 6.35. The molecule has 1 N–H and O–H groups in total. The lowest BCUT2D eigenvalue weighted by atomic mass is 9.96. The molecule has 24 heavy (non-hydrogen) atoms. The number of nitrogens with zero attached hydrogens (tertiary/aromatic N) is 1. The third kappa shape index (κ3) is 3.25. The number of benzene rings is 2. The molecule has 0 saturated heterocycles. The van der Waals surface area contributed by atoms with E-state index < -0.39 is 0 Å². The minimum Gasteiger partial charge on any atom is -0.484 e. The van der Waals surface area contributed by atoms with Gasteiger partial charge < -0.3 is 15.0 Å². The van der Waals surface area contributed by atoms with Crippen LogP contribution in [-0.4, -0.2) is 25.8 Å². The smallest absolute Gasteiger partial charge is 0.221 e. The van der Waals surface area contributed by atoms with Gasteiger partial charge in [-0.3, -0.25) is 9.59 Å². The molecule has 3 rings (SSSR count). The largest absolute Gasteiger partial charge is 0.484 e. The van der Waals surface area contributed by atoms with Crippen molar-refractivity contribution in [3.8, 4) is 5.75 Å². The summed E-state index contributed by atoms with van der Waals surface area (Å²) >= 11 is 0. The summed E-state index contributed by atoms with van der Waals surface area (Å²) in [7, 11) is 3.96. The molecule has 124 valence electrons. The number of ether oxygens (including phenoxy) is 1. The van der Waals surface area contributed by atoms with Crippen LogP contribution in [-0.2, 0) is 4.79 Å². The minimum absolute atomic E-state index is 0.0484. The first kappa shape index (κ1) is 16.1. The summed E-state index contributed by atoms with van der Waals surface area (Å²) in [5, 5.41) is 2.71. The molecule has 0 radical (unpaired) electrons. The van der Waals surface area contributed by atoms with Crippen LogP contribution >= 0.6 is 0 Å². The van der Waals surface area contributed by atoms with Crippen LogP contribution < -0.4 is 15.0 Å². The van der Waals surface area contributed by atoms with Gasteiger partial charge in [0.25, 0.3) is 0 Å². The summed E-state index contributed by atoms with van der Waals surface area (Å²) in [6, 6.07) is 13.1. The number of hydrogen-bond acceptors (Lipinski definition) is 4. The Kier molecular flexibility index (Phi) is 4.25. The number of nitrogens with one attached hydrogen (secondary N) is 1. The Labute approximate surface area is 141 Å². The number of hydrogen-bond donors (Lipinski definition) is 1. The Bertz CT molecular complexity index is 782. The van der Waals surface area contributed by atoms with Crippen molar-refractivity contribution in [2.45, 2.75) is 19.4 Å². The number of anilines is 2. The van der Waals surface area contributed by atoms with E-state index in [4.69, 9.17) is 4.74 Å². The zero-order chi connectivity index (χ0) is 17.3. The molecule has 1 aliphatic heterocycles. The first-order chi connectivity index (χ1) is 11.4. The monoisotopic (exact) mass is 324 g/mol. The minimum atomic E-state index is -0.311. The van der Waals surface area contributed by atoms with E-state index in [1.165, 1.54) is 6.92 Å². The molecule has 0 saturated carbocycles. The lowest BCUT2D eigenvalue weighted by Crippen LogP contribution is -2.21. The number of rotatable bonds is 3. The normalized spacial score (nSPS) is 16.1. The molecule has 5 nitrogen and oxygen atoms in total. The molecule has 0 aliphatic carbocycles. The van der Waals surface area contributed by atoms with Crippen molar-refractivity contribution < 1.29 is 14.3 Å². The highest BCUT2D eigenvalue weighted by molar-refractivity contribution is 6.01. The van der Waals surface area contributed by atoms with Gasteiger partial charge >= 0.3 is 0 Å². The van der Waals surface area contributed by atoms with E-state index in [2.05, 4.69) is 5.32 Å². The van der Waals surface area contributed by atoms with Crippen LogP contribution in [0, 0.1) is 0 Å². The number of carbonyl (C=O) groups is 2. The highest BCUT2D eigenvalue weighted by Crippen LogP contribution is 2.36. The second-order valence-electron chi connectivity index (χ2n) is 6.11. The van der Waals surface area contributed by atoms with E-state index in [9.17, 15) is 9.59 Å². The van der Waals surface area contributed by atoms with Crippen molar-refractivity contribution >= 4 is 23.1 Å². The van der Waals surface area contributed by atoms with Gasteiger partial charge in [-0.2, -0.15) is 0 Å². The number of fused-ring (bicyclic) bond motifs is 1.